The Balaban J connectivity index is 1.53. The molecule has 1 atom stereocenters. The van der Waals surface area contributed by atoms with Gasteiger partial charge in [0, 0.05) is 12.4 Å². The van der Waals surface area contributed by atoms with E-state index in [0.717, 1.165) is 22.8 Å². The average Bonchev–Trinajstić information content (AvgIpc) is 2.75. The first-order valence-corrected chi connectivity index (χ1v) is 9.07. The van der Waals surface area contributed by atoms with Crippen molar-refractivity contribution >= 4 is 16.7 Å². The number of carbonyl (C=O) groups is 1. The molecule has 3 aromatic rings. The molecule has 0 aliphatic rings. The van der Waals surface area contributed by atoms with Crippen LogP contribution in [0.1, 0.15) is 12.0 Å². The largest absolute Gasteiger partial charge is 0.491 e. The summed E-state index contributed by atoms with van der Waals surface area (Å²) in [5.41, 5.74) is 1.09. The lowest BCUT2D eigenvalue weighted by Gasteiger charge is -2.13. The lowest BCUT2D eigenvalue weighted by molar-refractivity contribution is -0.142. The number of esters is 1. The first kappa shape index (κ1) is 19.6. The van der Waals surface area contributed by atoms with Crippen molar-refractivity contribution in [2.24, 2.45) is 0 Å². The molecule has 28 heavy (non-hydrogen) atoms. The van der Waals surface area contributed by atoms with E-state index in [9.17, 15) is 9.90 Å². The van der Waals surface area contributed by atoms with Gasteiger partial charge in [-0.15, -0.1) is 0 Å². The fraction of sp³-hybridized carbons (Fsp3) is 0.273. The van der Waals surface area contributed by atoms with Gasteiger partial charge >= 0.3 is 5.97 Å². The van der Waals surface area contributed by atoms with Gasteiger partial charge in [-0.05, 0) is 59.5 Å². The molecule has 0 aliphatic carbocycles. The maximum Gasteiger partial charge on any atom is 0.343 e. The summed E-state index contributed by atoms with van der Waals surface area (Å²) in [6, 6.07) is 15.1. The number of hydrogen-bond acceptors (Lipinski definition) is 6. The number of aliphatic hydroxyl groups excluding tert-OH is 1. The Kier molecular flexibility index (Phi) is 6.81. The van der Waals surface area contributed by atoms with E-state index in [2.05, 4.69) is 9.72 Å². The van der Waals surface area contributed by atoms with Crippen molar-refractivity contribution in [3.63, 3.8) is 0 Å². The second kappa shape index (κ2) is 9.71. The Bertz CT molecular complexity index is 913. The smallest absolute Gasteiger partial charge is 0.343 e. The monoisotopic (exact) mass is 381 g/mol. The highest BCUT2D eigenvalue weighted by Crippen LogP contribution is 2.25. The van der Waals surface area contributed by atoms with Crippen molar-refractivity contribution in [1.29, 1.82) is 0 Å². The third kappa shape index (κ3) is 5.69. The second-order valence-electron chi connectivity index (χ2n) is 6.40. The number of methoxy groups -OCH3 is 1. The van der Waals surface area contributed by atoms with Crippen molar-refractivity contribution < 1.29 is 24.1 Å². The maximum absolute atomic E-state index is 11.2. The van der Waals surface area contributed by atoms with Gasteiger partial charge in [-0.2, -0.15) is 0 Å². The Morgan fingerprint density at radius 3 is 2.43 bits per heavy atom. The highest BCUT2D eigenvalue weighted by molar-refractivity contribution is 5.85. The summed E-state index contributed by atoms with van der Waals surface area (Å²) in [6.45, 7) is 0.103. The van der Waals surface area contributed by atoms with E-state index in [0.29, 0.717) is 17.9 Å². The van der Waals surface area contributed by atoms with Crippen molar-refractivity contribution in [3.05, 3.63) is 66.5 Å². The summed E-state index contributed by atoms with van der Waals surface area (Å²) >= 11 is 0. The number of nitrogens with zero attached hydrogens (tertiary/aromatic N) is 1. The number of benzene rings is 2. The van der Waals surface area contributed by atoms with E-state index in [4.69, 9.17) is 9.47 Å². The molecule has 0 fully saturated rings. The zero-order valence-electron chi connectivity index (χ0n) is 15.7. The Labute approximate surface area is 163 Å². The second-order valence-corrected chi connectivity index (χ2v) is 6.40. The Morgan fingerprint density at radius 1 is 1.07 bits per heavy atom. The molecule has 1 heterocycles. The van der Waals surface area contributed by atoms with E-state index in [-0.39, 0.29) is 13.2 Å². The normalized spacial score (nSPS) is 11.8. The van der Waals surface area contributed by atoms with Crippen molar-refractivity contribution in [2.75, 3.05) is 20.3 Å². The molecule has 6 heteroatoms. The molecule has 0 aliphatic heterocycles. The molecular formula is C22H23NO5. The minimum atomic E-state index is -0.551. The number of aryl methyl sites for hydroxylation is 1. The van der Waals surface area contributed by atoms with Crippen molar-refractivity contribution in [3.8, 4) is 11.5 Å². The Morgan fingerprint density at radius 2 is 1.79 bits per heavy atom. The molecule has 2 aromatic carbocycles. The fourth-order valence-corrected chi connectivity index (χ4v) is 2.74. The summed E-state index contributed by atoms with van der Waals surface area (Å²) in [5.74, 6) is 0.861. The molecular weight excluding hydrogens is 358 g/mol. The quantitative estimate of drug-likeness (QED) is 0.574. The van der Waals surface area contributed by atoms with E-state index in [1.807, 2.05) is 42.5 Å². The van der Waals surface area contributed by atoms with Gasteiger partial charge < -0.3 is 19.3 Å². The van der Waals surface area contributed by atoms with E-state index < -0.39 is 12.1 Å². The van der Waals surface area contributed by atoms with Crippen LogP contribution in [0, 0.1) is 0 Å². The van der Waals surface area contributed by atoms with Gasteiger partial charge in [0.2, 0.25) is 0 Å². The summed E-state index contributed by atoms with van der Waals surface area (Å²) in [7, 11) is 1.32. The van der Waals surface area contributed by atoms with Crippen LogP contribution in [0.25, 0.3) is 10.8 Å². The van der Waals surface area contributed by atoms with Crippen LogP contribution in [0.15, 0.2) is 60.9 Å². The molecule has 146 valence electrons. The summed E-state index contributed by atoms with van der Waals surface area (Å²) < 4.78 is 15.7. The zero-order chi connectivity index (χ0) is 19.8. The minimum Gasteiger partial charge on any atom is -0.491 e. The standard InChI is InChI=1S/C22H23NO5/c1-26-22(25)15-28-21-9-6-17-11-20(8-5-18(17)12-21)27-14-19(24)7-4-16-3-2-10-23-13-16/h2-3,5-6,8-13,19,24H,4,7,14-15H2,1H3/t19-/m1/s1. The first-order chi connectivity index (χ1) is 13.6. The average molecular weight is 381 g/mol. The zero-order valence-corrected chi connectivity index (χ0v) is 15.7. The summed E-state index contributed by atoms with van der Waals surface area (Å²) in [4.78, 5) is 15.2. The molecule has 0 bridgehead atoms. The van der Waals surface area contributed by atoms with Gasteiger partial charge in [-0.3, -0.25) is 4.98 Å². The topological polar surface area (TPSA) is 77.9 Å². The van der Waals surface area contributed by atoms with Gasteiger partial charge in [0.15, 0.2) is 6.61 Å². The van der Waals surface area contributed by atoms with Crippen molar-refractivity contribution in [2.45, 2.75) is 18.9 Å². The van der Waals surface area contributed by atoms with Gasteiger partial charge in [-0.1, -0.05) is 18.2 Å². The third-order valence-electron chi connectivity index (χ3n) is 4.30. The van der Waals surface area contributed by atoms with Crippen LogP contribution in [0.5, 0.6) is 11.5 Å². The SMILES string of the molecule is COC(=O)COc1ccc2cc(OC[C@H](O)CCc3cccnc3)ccc2c1. The predicted molar refractivity (Wildman–Crippen MR) is 106 cm³/mol. The number of carbonyl (C=O) groups excluding carboxylic acids is 1. The Hall–Kier alpha value is -3.12. The van der Waals surface area contributed by atoms with Crippen LogP contribution in [0.4, 0.5) is 0 Å². The van der Waals surface area contributed by atoms with Crippen LogP contribution < -0.4 is 9.47 Å². The van der Waals surface area contributed by atoms with Crippen LogP contribution in [0.3, 0.4) is 0 Å². The molecule has 0 saturated heterocycles. The molecule has 3 rings (SSSR count). The van der Waals surface area contributed by atoms with Gasteiger partial charge in [0.1, 0.15) is 18.1 Å². The minimum absolute atomic E-state index is 0.125. The summed E-state index contributed by atoms with van der Waals surface area (Å²) in [6.07, 6.45) is 4.35. The van der Waals surface area contributed by atoms with Crippen LogP contribution in [-0.4, -0.2) is 42.5 Å². The molecule has 1 aromatic heterocycles. The molecule has 0 radical (unpaired) electrons. The maximum atomic E-state index is 11.2. The van der Waals surface area contributed by atoms with Crippen LogP contribution >= 0.6 is 0 Å². The lowest BCUT2D eigenvalue weighted by Crippen LogP contribution is -2.18. The van der Waals surface area contributed by atoms with Gasteiger partial charge in [0.25, 0.3) is 0 Å². The van der Waals surface area contributed by atoms with Crippen LogP contribution in [-0.2, 0) is 16.0 Å². The number of hydrogen-bond donors (Lipinski definition) is 1. The van der Waals surface area contributed by atoms with E-state index in [1.165, 1.54) is 7.11 Å². The van der Waals surface area contributed by atoms with E-state index >= 15 is 0 Å². The molecule has 0 spiro atoms. The number of fused-ring (bicyclic) bond motifs is 1. The van der Waals surface area contributed by atoms with Gasteiger partial charge in [-0.25, -0.2) is 4.79 Å². The van der Waals surface area contributed by atoms with Crippen molar-refractivity contribution in [1.82, 2.24) is 4.98 Å². The molecule has 1 N–H and O–H groups in total. The van der Waals surface area contributed by atoms with Gasteiger partial charge in [0.05, 0.1) is 13.2 Å². The highest BCUT2D eigenvalue weighted by Gasteiger charge is 2.08. The number of rotatable bonds is 9. The third-order valence-corrected chi connectivity index (χ3v) is 4.30. The number of pyridine rings is 1. The molecule has 6 nitrogen and oxygen atoms in total. The highest BCUT2D eigenvalue weighted by atomic mass is 16.6. The predicted octanol–water partition coefficient (Wildman–Crippen LogP) is 3.16. The fourth-order valence-electron chi connectivity index (χ4n) is 2.74. The number of aromatic nitrogens is 1. The number of ether oxygens (including phenoxy) is 3. The van der Waals surface area contributed by atoms with E-state index in [1.54, 1.807) is 18.5 Å². The van der Waals surface area contributed by atoms with Crippen LogP contribution in [0.2, 0.25) is 0 Å². The molecule has 0 amide bonds. The number of aliphatic hydroxyl groups is 1. The summed E-state index contributed by atoms with van der Waals surface area (Å²) in [5, 5.41) is 12.1. The molecule has 0 unspecified atom stereocenters. The lowest BCUT2D eigenvalue weighted by atomic mass is 10.1. The first-order valence-electron chi connectivity index (χ1n) is 9.07. The molecule has 0 saturated carbocycles.